The molecule has 1 N–H and O–H groups in total. The maximum atomic E-state index is 14.1. The molecule has 10 nitrogen and oxygen atoms in total. The number of alkyl halides is 2. The quantitative estimate of drug-likeness (QED) is 0.464. The van der Waals surface area contributed by atoms with Crippen molar-refractivity contribution in [1.29, 1.82) is 0 Å². The molecule has 0 unspecified atom stereocenters. The van der Waals surface area contributed by atoms with Gasteiger partial charge in [0.1, 0.15) is 11.6 Å². The van der Waals surface area contributed by atoms with Crippen molar-refractivity contribution in [1.82, 2.24) is 24.4 Å². The summed E-state index contributed by atoms with van der Waals surface area (Å²) in [6.07, 6.45) is -0.278. The Kier molecular flexibility index (Phi) is 7.55. The summed E-state index contributed by atoms with van der Waals surface area (Å²) in [5, 5.41) is 3.38. The number of carbonyl (C=O) groups is 1. The van der Waals surface area contributed by atoms with E-state index in [-0.39, 0.29) is 11.7 Å². The third-order valence-corrected chi connectivity index (χ3v) is 7.69. The first-order valence-corrected chi connectivity index (χ1v) is 13.6. The van der Waals surface area contributed by atoms with Gasteiger partial charge in [-0.25, -0.2) is 13.8 Å². The zero-order valence-electron chi connectivity index (χ0n) is 21.8. The fourth-order valence-electron chi connectivity index (χ4n) is 5.44. The molecule has 0 saturated carbocycles. The number of morpholine rings is 1. The number of aromatic nitrogens is 4. The monoisotopic (exact) mass is 541 g/mol. The molecular weight excluding hydrogens is 508 g/mol. The summed E-state index contributed by atoms with van der Waals surface area (Å²) in [5.41, 5.74) is 1.04. The lowest BCUT2D eigenvalue weighted by Gasteiger charge is -2.40. The summed E-state index contributed by atoms with van der Waals surface area (Å²) in [6, 6.07) is 8.74. The summed E-state index contributed by atoms with van der Waals surface area (Å²) in [6.45, 7) is 5.82. The van der Waals surface area contributed by atoms with Gasteiger partial charge in [-0.05, 0) is 30.9 Å². The van der Waals surface area contributed by atoms with E-state index in [0.717, 1.165) is 26.1 Å². The van der Waals surface area contributed by atoms with Crippen LogP contribution in [0.15, 0.2) is 30.3 Å². The number of ether oxygens (including phenoxy) is 2. The maximum absolute atomic E-state index is 14.1. The summed E-state index contributed by atoms with van der Waals surface area (Å²) < 4.78 is 40.4. The van der Waals surface area contributed by atoms with Gasteiger partial charge < -0.3 is 24.6 Å². The number of halogens is 2. The molecule has 1 aromatic carbocycles. The van der Waals surface area contributed by atoms with Crippen LogP contribution in [0.3, 0.4) is 0 Å². The predicted octanol–water partition coefficient (Wildman–Crippen LogP) is 3.28. The highest BCUT2D eigenvalue weighted by atomic mass is 19.3. The lowest BCUT2D eigenvalue weighted by atomic mass is 9.93. The predicted molar refractivity (Wildman–Crippen MR) is 141 cm³/mol. The van der Waals surface area contributed by atoms with Crippen molar-refractivity contribution >= 4 is 28.7 Å². The molecule has 3 aliphatic rings. The van der Waals surface area contributed by atoms with Crippen LogP contribution in [0.4, 0.5) is 20.5 Å². The number of likely N-dealkylation sites (tertiary alicyclic amines) is 1. The lowest BCUT2D eigenvalue weighted by molar-refractivity contribution is -0.138. The van der Waals surface area contributed by atoms with Gasteiger partial charge in [0.2, 0.25) is 11.9 Å². The Labute approximate surface area is 225 Å². The number of hydrogen-bond acceptors (Lipinski definition) is 8. The second kappa shape index (κ2) is 11.4. The average molecular weight is 542 g/mol. The Bertz CT molecular complexity index is 1300. The topological polar surface area (TPSA) is 97.6 Å². The van der Waals surface area contributed by atoms with Crippen LogP contribution < -0.4 is 10.2 Å². The molecule has 0 aliphatic carbocycles. The van der Waals surface area contributed by atoms with E-state index < -0.39 is 6.43 Å². The van der Waals surface area contributed by atoms with Gasteiger partial charge in [-0.1, -0.05) is 12.1 Å². The second-order valence-corrected chi connectivity index (χ2v) is 10.4. The second-order valence-electron chi connectivity index (χ2n) is 10.4. The molecule has 0 atom stereocenters. The van der Waals surface area contributed by atoms with Gasteiger partial charge in [0.05, 0.1) is 24.2 Å². The van der Waals surface area contributed by atoms with E-state index in [1.165, 1.54) is 4.57 Å². The molecule has 3 saturated heterocycles. The number of nitrogens with one attached hydrogen (secondary N) is 1. The van der Waals surface area contributed by atoms with E-state index in [1.54, 1.807) is 30.3 Å². The molecular formula is C27H33F2N7O3. The van der Waals surface area contributed by atoms with Crippen molar-refractivity contribution in [2.75, 3.05) is 69.4 Å². The highest BCUT2D eigenvalue weighted by Crippen LogP contribution is 2.29. The first-order valence-electron chi connectivity index (χ1n) is 13.6. The number of amides is 1. The van der Waals surface area contributed by atoms with Gasteiger partial charge in [-0.2, -0.15) is 9.97 Å². The lowest BCUT2D eigenvalue weighted by Crippen LogP contribution is -2.52. The largest absolute Gasteiger partial charge is 0.381 e. The Morgan fingerprint density at radius 1 is 1.00 bits per heavy atom. The first-order chi connectivity index (χ1) is 19.0. The van der Waals surface area contributed by atoms with Crippen molar-refractivity contribution in [3.8, 4) is 5.82 Å². The van der Waals surface area contributed by atoms with E-state index in [4.69, 9.17) is 19.4 Å². The number of para-hydroxylation sites is 2. The molecule has 1 amide bonds. The third-order valence-electron chi connectivity index (χ3n) is 7.69. The molecule has 3 fully saturated rings. The van der Waals surface area contributed by atoms with Crippen LogP contribution in [0.2, 0.25) is 0 Å². The molecule has 208 valence electrons. The number of benzene rings is 1. The minimum atomic E-state index is -2.77. The Morgan fingerprint density at radius 3 is 2.51 bits per heavy atom. The number of anilines is 2. The summed E-state index contributed by atoms with van der Waals surface area (Å²) in [5.74, 6) is 1.90. The number of nitrogens with zero attached hydrogens (tertiary/aromatic N) is 6. The molecule has 0 radical (unpaired) electrons. The van der Waals surface area contributed by atoms with Gasteiger partial charge >= 0.3 is 0 Å². The minimum absolute atomic E-state index is 0.212. The van der Waals surface area contributed by atoms with Crippen LogP contribution >= 0.6 is 0 Å². The summed E-state index contributed by atoms with van der Waals surface area (Å²) >= 11 is 0. The molecule has 6 rings (SSSR count). The molecule has 39 heavy (non-hydrogen) atoms. The van der Waals surface area contributed by atoms with Gasteiger partial charge in [0, 0.05) is 64.3 Å². The summed E-state index contributed by atoms with van der Waals surface area (Å²) in [7, 11) is 0. The highest BCUT2D eigenvalue weighted by Gasteiger charge is 2.32. The van der Waals surface area contributed by atoms with E-state index in [2.05, 4.69) is 10.3 Å². The van der Waals surface area contributed by atoms with Crippen molar-refractivity contribution in [2.45, 2.75) is 25.7 Å². The number of rotatable bonds is 8. The number of carbonyl (C=O) groups excluding carboxylic acids is 1. The average Bonchev–Trinajstić information content (AvgIpc) is 3.33. The molecule has 2 aromatic heterocycles. The normalized spacial score (nSPS) is 19.1. The molecule has 3 aliphatic heterocycles. The van der Waals surface area contributed by atoms with Crippen LogP contribution in [0, 0.1) is 11.8 Å². The molecule has 12 heteroatoms. The van der Waals surface area contributed by atoms with Gasteiger partial charge in [0.15, 0.2) is 5.82 Å². The van der Waals surface area contributed by atoms with E-state index in [9.17, 15) is 13.6 Å². The molecule has 0 spiro atoms. The smallest absolute Gasteiger partial charge is 0.296 e. The maximum Gasteiger partial charge on any atom is 0.296 e. The summed E-state index contributed by atoms with van der Waals surface area (Å²) in [4.78, 5) is 30.2. The van der Waals surface area contributed by atoms with Crippen LogP contribution in [-0.2, 0) is 14.3 Å². The third kappa shape index (κ3) is 5.67. The van der Waals surface area contributed by atoms with Gasteiger partial charge in [0.25, 0.3) is 6.43 Å². The van der Waals surface area contributed by atoms with Gasteiger partial charge in [-0.15, -0.1) is 0 Å². The van der Waals surface area contributed by atoms with Crippen LogP contribution in [0.1, 0.15) is 31.5 Å². The van der Waals surface area contributed by atoms with E-state index in [0.29, 0.717) is 92.8 Å². The van der Waals surface area contributed by atoms with Crippen molar-refractivity contribution in [3.05, 3.63) is 36.2 Å². The zero-order valence-corrected chi connectivity index (χ0v) is 21.8. The zero-order chi connectivity index (χ0) is 26.8. The Morgan fingerprint density at radius 2 is 1.74 bits per heavy atom. The molecule has 3 aromatic rings. The fraction of sp³-hybridized carbons (Fsp3) is 0.556. The minimum Gasteiger partial charge on any atom is -0.381 e. The van der Waals surface area contributed by atoms with Crippen LogP contribution in [0.25, 0.3) is 16.9 Å². The number of fused-ring (bicyclic) bond motifs is 1. The first kappa shape index (κ1) is 25.9. The molecule has 5 heterocycles. The highest BCUT2D eigenvalue weighted by molar-refractivity contribution is 5.78. The van der Waals surface area contributed by atoms with Crippen molar-refractivity contribution in [2.24, 2.45) is 11.8 Å². The Hall–Kier alpha value is -3.38. The fourth-order valence-corrected chi connectivity index (χ4v) is 5.44. The van der Waals surface area contributed by atoms with Crippen molar-refractivity contribution in [3.63, 3.8) is 0 Å². The molecule has 0 bridgehead atoms. The van der Waals surface area contributed by atoms with Crippen LogP contribution in [0.5, 0.6) is 0 Å². The van der Waals surface area contributed by atoms with E-state index in [1.807, 2.05) is 9.80 Å². The van der Waals surface area contributed by atoms with Gasteiger partial charge in [-0.3, -0.25) is 9.36 Å². The Balaban J connectivity index is 1.19. The number of hydrogen-bond donors (Lipinski definition) is 1. The van der Waals surface area contributed by atoms with Crippen molar-refractivity contribution < 1.29 is 23.0 Å². The standard InChI is InChI=1S/C27H33F2N7O3/c28-25(29)26-31-20-3-1-2-4-21(20)36(26)23-14-22(32-27(33-23)34-7-11-39-12-8-34)30-15-19-16-35(17-19)24(37)13-18-5-9-38-10-6-18/h1-4,14,18-19,25H,5-13,15-17H2,(H,30,32,33). The van der Waals surface area contributed by atoms with E-state index >= 15 is 0 Å². The SMILES string of the molecule is O=C(CC1CCOCC1)N1CC(CNc2cc(-n3c(C(F)F)nc4ccccc43)nc(N3CCOCC3)n2)C1. The van der Waals surface area contributed by atoms with Crippen LogP contribution in [-0.4, -0.2) is 89.5 Å². The number of imidazole rings is 1.